The van der Waals surface area contributed by atoms with E-state index in [0.717, 1.165) is 30.4 Å². The minimum absolute atomic E-state index is 0.0658. The van der Waals surface area contributed by atoms with Gasteiger partial charge in [-0.15, -0.1) is 0 Å². The van der Waals surface area contributed by atoms with Crippen LogP contribution in [0.5, 0.6) is 0 Å². The van der Waals surface area contributed by atoms with Crippen molar-refractivity contribution in [2.24, 2.45) is 0 Å². The highest BCUT2D eigenvalue weighted by atomic mass is 35.5. The van der Waals surface area contributed by atoms with Gasteiger partial charge in [0, 0.05) is 46.8 Å². The van der Waals surface area contributed by atoms with Crippen LogP contribution in [-0.2, 0) is 16.6 Å². The second-order valence-electron chi connectivity index (χ2n) is 7.84. The third-order valence-corrected chi connectivity index (χ3v) is 7.49. The van der Waals surface area contributed by atoms with Crippen LogP contribution < -0.4 is 0 Å². The predicted molar refractivity (Wildman–Crippen MR) is 119 cm³/mol. The quantitative estimate of drug-likeness (QED) is 0.703. The minimum Gasteiger partial charge on any atom is -0.337 e. The number of carbonyl (C=O) groups is 1. The van der Waals surface area contributed by atoms with E-state index in [9.17, 15) is 13.2 Å². The lowest BCUT2D eigenvalue weighted by atomic mass is 10.1. The molecule has 3 rings (SSSR count). The molecule has 162 valence electrons. The maximum absolute atomic E-state index is 13.1. The highest BCUT2D eigenvalue weighted by Crippen LogP contribution is 2.24. The monoisotopic (exact) mass is 449 g/mol. The number of carbonyl (C=O) groups excluding carboxylic acids is 1. The van der Waals surface area contributed by atoms with Gasteiger partial charge in [0.25, 0.3) is 5.91 Å². The van der Waals surface area contributed by atoms with Crippen molar-refractivity contribution in [2.75, 3.05) is 40.3 Å². The van der Waals surface area contributed by atoms with Crippen LogP contribution >= 0.6 is 11.6 Å². The van der Waals surface area contributed by atoms with E-state index in [4.69, 9.17) is 11.6 Å². The fourth-order valence-corrected chi connectivity index (χ4v) is 4.62. The molecule has 0 radical (unpaired) electrons. The first-order chi connectivity index (χ1) is 14.2. The van der Waals surface area contributed by atoms with Crippen LogP contribution in [-0.4, -0.2) is 68.7 Å². The molecule has 2 aromatic rings. The number of hydrogen-bond acceptors (Lipinski definition) is 4. The summed E-state index contributed by atoms with van der Waals surface area (Å²) in [7, 11) is -0.716. The van der Waals surface area contributed by atoms with Gasteiger partial charge in [0.05, 0.1) is 15.5 Å². The summed E-state index contributed by atoms with van der Waals surface area (Å²) in [4.78, 5) is 17.3. The van der Waals surface area contributed by atoms with Crippen molar-refractivity contribution < 1.29 is 13.2 Å². The van der Waals surface area contributed by atoms with Crippen LogP contribution in [0.3, 0.4) is 0 Å². The molecular weight excluding hydrogens is 422 g/mol. The van der Waals surface area contributed by atoms with Gasteiger partial charge in [0.15, 0.2) is 0 Å². The standard InChI is InChI=1S/C22H28ClN3O3S/c1-17-5-7-18(8-6-17)16-25-11-4-12-26(14-13-25)22(27)20-15-19(9-10-21(20)23)30(28,29)24(2)3/h5-10,15H,4,11-14,16H2,1-3H3. The highest BCUT2D eigenvalue weighted by Gasteiger charge is 2.25. The summed E-state index contributed by atoms with van der Waals surface area (Å²) in [5.74, 6) is -0.229. The Balaban J connectivity index is 1.72. The van der Waals surface area contributed by atoms with Gasteiger partial charge in [-0.3, -0.25) is 9.69 Å². The summed E-state index contributed by atoms with van der Waals surface area (Å²) in [6, 6.07) is 12.8. The maximum atomic E-state index is 13.1. The van der Waals surface area contributed by atoms with Crippen molar-refractivity contribution in [1.29, 1.82) is 0 Å². The molecule has 0 unspecified atom stereocenters. The first-order valence-electron chi connectivity index (χ1n) is 9.98. The number of halogens is 1. The third-order valence-electron chi connectivity index (χ3n) is 5.35. The molecule has 1 amide bonds. The molecule has 0 atom stereocenters. The van der Waals surface area contributed by atoms with Crippen molar-refractivity contribution in [1.82, 2.24) is 14.1 Å². The van der Waals surface area contributed by atoms with E-state index in [-0.39, 0.29) is 21.4 Å². The summed E-state index contributed by atoms with van der Waals surface area (Å²) >= 11 is 6.26. The minimum atomic E-state index is -3.64. The normalized spacial score (nSPS) is 16.0. The van der Waals surface area contributed by atoms with E-state index >= 15 is 0 Å². The molecule has 2 aromatic carbocycles. The number of hydrogen-bond donors (Lipinski definition) is 0. The second kappa shape index (κ2) is 9.47. The van der Waals surface area contributed by atoms with Gasteiger partial charge < -0.3 is 4.90 Å². The Morgan fingerprint density at radius 2 is 1.73 bits per heavy atom. The van der Waals surface area contributed by atoms with E-state index in [1.807, 2.05) is 0 Å². The lowest BCUT2D eigenvalue weighted by Crippen LogP contribution is -2.35. The Kier molecular flexibility index (Phi) is 7.18. The molecule has 0 saturated carbocycles. The smallest absolute Gasteiger partial charge is 0.255 e. The zero-order chi connectivity index (χ0) is 21.9. The summed E-state index contributed by atoms with van der Waals surface area (Å²) in [6.45, 7) is 5.77. The van der Waals surface area contributed by atoms with Gasteiger partial charge in [0.2, 0.25) is 10.0 Å². The van der Waals surface area contributed by atoms with Crippen molar-refractivity contribution >= 4 is 27.5 Å². The van der Waals surface area contributed by atoms with Crippen LogP contribution in [0, 0.1) is 6.92 Å². The van der Waals surface area contributed by atoms with Crippen molar-refractivity contribution in [3.8, 4) is 0 Å². The number of amides is 1. The first-order valence-corrected chi connectivity index (χ1v) is 11.8. The van der Waals surface area contributed by atoms with Crippen LogP contribution in [0.25, 0.3) is 0 Å². The summed E-state index contributed by atoms with van der Waals surface area (Å²) in [6.07, 6.45) is 0.852. The van der Waals surface area contributed by atoms with Gasteiger partial charge in [-0.25, -0.2) is 12.7 Å². The molecule has 1 aliphatic heterocycles. The van der Waals surface area contributed by atoms with Gasteiger partial charge in [-0.1, -0.05) is 41.4 Å². The largest absolute Gasteiger partial charge is 0.337 e. The van der Waals surface area contributed by atoms with Gasteiger partial charge >= 0.3 is 0 Å². The van der Waals surface area contributed by atoms with Gasteiger partial charge in [0.1, 0.15) is 0 Å². The lowest BCUT2D eigenvalue weighted by Gasteiger charge is -2.23. The summed E-state index contributed by atoms with van der Waals surface area (Å²) < 4.78 is 26.0. The molecular formula is C22H28ClN3O3S. The van der Waals surface area contributed by atoms with E-state index < -0.39 is 10.0 Å². The Hall–Kier alpha value is -1.93. The fourth-order valence-electron chi connectivity index (χ4n) is 3.49. The van der Waals surface area contributed by atoms with Crippen LogP contribution in [0.4, 0.5) is 0 Å². The third kappa shape index (κ3) is 5.21. The first kappa shape index (κ1) is 22.7. The topological polar surface area (TPSA) is 60.9 Å². The molecule has 0 N–H and O–H groups in total. The number of nitrogens with zero attached hydrogens (tertiary/aromatic N) is 3. The average molecular weight is 450 g/mol. The lowest BCUT2D eigenvalue weighted by molar-refractivity contribution is 0.0761. The number of rotatable bonds is 5. The van der Waals surface area contributed by atoms with Crippen LogP contribution in [0.1, 0.15) is 27.9 Å². The molecule has 30 heavy (non-hydrogen) atoms. The van der Waals surface area contributed by atoms with Crippen molar-refractivity contribution in [3.05, 3.63) is 64.2 Å². The summed E-state index contributed by atoms with van der Waals surface area (Å²) in [5.41, 5.74) is 2.72. The Labute approximate surface area is 184 Å². The molecule has 6 nitrogen and oxygen atoms in total. The Morgan fingerprint density at radius 1 is 1.03 bits per heavy atom. The maximum Gasteiger partial charge on any atom is 0.255 e. The molecule has 0 bridgehead atoms. The number of benzene rings is 2. The van der Waals surface area contributed by atoms with Crippen molar-refractivity contribution in [2.45, 2.75) is 24.8 Å². The molecule has 0 aromatic heterocycles. The SMILES string of the molecule is Cc1ccc(CN2CCCN(C(=O)c3cc(S(=O)(=O)N(C)C)ccc3Cl)CC2)cc1. The van der Waals surface area contributed by atoms with E-state index in [0.29, 0.717) is 13.1 Å². The van der Waals surface area contributed by atoms with Crippen molar-refractivity contribution in [3.63, 3.8) is 0 Å². The molecule has 0 aliphatic carbocycles. The zero-order valence-corrected chi connectivity index (χ0v) is 19.2. The van der Waals surface area contributed by atoms with Gasteiger partial charge in [-0.05, 0) is 37.1 Å². The zero-order valence-electron chi connectivity index (χ0n) is 17.6. The van der Waals surface area contributed by atoms with Gasteiger partial charge in [-0.2, -0.15) is 0 Å². The fraction of sp³-hybridized carbons (Fsp3) is 0.409. The predicted octanol–water partition coefficient (Wildman–Crippen LogP) is 3.25. The summed E-state index contributed by atoms with van der Waals surface area (Å²) in [5, 5.41) is 0.262. The average Bonchev–Trinajstić information content (AvgIpc) is 2.95. The van der Waals surface area contributed by atoms with E-state index in [2.05, 4.69) is 36.1 Å². The Morgan fingerprint density at radius 3 is 2.40 bits per heavy atom. The Bertz CT molecular complexity index is 1010. The number of aryl methyl sites for hydroxylation is 1. The molecule has 1 fully saturated rings. The highest BCUT2D eigenvalue weighted by molar-refractivity contribution is 7.89. The molecule has 8 heteroatoms. The second-order valence-corrected chi connectivity index (χ2v) is 10.4. The van der Waals surface area contributed by atoms with E-state index in [1.54, 1.807) is 4.90 Å². The molecule has 1 saturated heterocycles. The molecule has 0 spiro atoms. The van der Waals surface area contributed by atoms with Crippen LogP contribution in [0.15, 0.2) is 47.4 Å². The van der Waals surface area contributed by atoms with Crippen LogP contribution in [0.2, 0.25) is 5.02 Å². The molecule has 1 heterocycles. The van der Waals surface area contributed by atoms with E-state index in [1.165, 1.54) is 43.4 Å². The number of sulfonamides is 1. The molecule has 1 aliphatic rings.